The van der Waals surface area contributed by atoms with Crippen LogP contribution in [-0.2, 0) is 0 Å². The second-order valence-electron chi connectivity index (χ2n) is 9.21. The largest absolute Gasteiger partial charge is 0.340 e. The van der Waals surface area contributed by atoms with E-state index in [0.29, 0.717) is 18.7 Å². The first kappa shape index (κ1) is 21.6. The number of amides is 1. The van der Waals surface area contributed by atoms with E-state index in [2.05, 4.69) is 74.6 Å². The Hall–Kier alpha value is -3.25. The Labute approximate surface area is 198 Å². The number of nitrogens with zero attached hydrogens (tertiary/aromatic N) is 3. The number of imidazole rings is 1. The highest BCUT2D eigenvalue weighted by atomic mass is 32.1. The summed E-state index contributed by atoms with van der Waals surface area (Å²) in [5.74, 6) is 0.745. The van der Waals surface area contributed by atoms with Crippen molar-refractivity contribution >= 4 is 28.3 Å². The number of carbonyl (C=O) groups excluding carboxylic acids is 1. The van der Waals surface area contributed by atoms with Gasteiger partial charge in [0, 0.05) is 6.54 Å². The molecular weight excluding hydrogens is 428 g/mol. The molecule has 168 valence electrons. The van der Waals surface area contributed by atoms with Crippen molar-refractivity contribution in [2.24, 2.45) is 0 Å². The van der Waals surface area contributed by atoms with Crippen LogP contribution in [0, 0.1) is 34.6 Å². The Kier molecular flexibility index (Phi) is 5.20. The standard InChI is InChI=1S/C27H28N4OS/c1-14-9-18(5)23-21(10-14)29-26(30-23)22-11-15(2)13-31(22)27(32)24-25(33-19(6)28-24)20-8-7-16(3)17(4)12-20/h7-10,12,22H,2,11,13H2,1,3-6H3,(H,29,30). The first-order valence-corrected chi connectivity index (χ1v) is 12.0. The van der Waals surface area contributed by atoms with Crippen LogP contribution in [0.15, 0.2) is 42.5 Å². The lowest BCUT2D eigenvalue weighted by Gasteiger charge is -2.22. The highest BCUT2D eigenvalue weighted by Gasteiger charge is 2.37. The van der Waals surface area contributed by atoms with Gasteiger partial charge in [-0.05, 0) is 74.9 Å². The monoisotopic (exact) mass is 456 g/mol. The van der Waals surface area contributed by atoms with Crippen molar-refractivity contribution in [3.63, 3.8) is 0 Å². The first-order chi connectivity index (χ1) is 15.7. The molecule has 5 rings (SSSR count). The number of thiazole rings is 1. The molecule has 1 amide bonds. The summed E-state index contributed by atoms with van der Waals surface area (Å²) in [4.78, 5) is 29.7. The number of nitrogens with one attached hydrogen (secondary N) is 1. The van der Waals surface area contributed by atoms with Crippen molar-refractivity contribution in [1.29, 1.82) is 0 Å². The van der Waals surface area contributed by atoms with Crippen LogP contribution in [0.5, 0.6) is 0 Å². The highest BCUT2D eigenvalue weighted by Crippen LogP contribution is 2.38. The van der Waals surface area contributed by atoms with Crippen LogP contribution in [0.25, 0.3) is 21.5 Å². The normalized spacial score (nSPS) is 16.2. The first-order valence-electron chi connectivity index (χ1n) is 11.2. The van der Waals surface area contributed by atoms with E-state index in [1.54, 1.807) is 11.3 Å². The Bertz CT molecular complexity index is 1430. The number of H-pyrrole nitrogens is 1. The molecular formula is C27H28N4OS. The fraction of sp³-hybridized carbons (Fsp3) is 0.296. The van der Waals surface area contributed by atoms with Crippen LogP contribution in [-0.4, -0.2) is 32.3 Å². The predicted octanol–water partition coefficient (Wildman–Crippen LogP) is 6.37. The van der Waals surface area contributed by atoms with Crippen molar-refractivity contribution in [2.45, 2.75) is 47.1 Å². The molecule has 1 N–H and O–H groups in total. The number of carbonyl (C=O) groups is 1. The third-order valence-corrected chi connectivity index (χ3v) is 7.49. The number of hydrogen-bond donors (Lipinski definition) is 1. The number of aromatic amines is 1. The van der Waals surface area contributed by atoms with Crippen LogP contribution in [0.1, 0.15) is 56.0 Å². The summed E-state index contributed by atoms with van der Waals surface area (Å²) >= 11 is 1.57. The molecule has 6 heteroatoms. The zero-order valence-electron chi connectivity index (χ0n) is 19.7. The molecule has 1 saturated heterocycles. The van der Waals surface area contributed by atoms with Gasteiger partial charge in [-0.3, -0.25) is 4.79 Å². The summed E-state index contributed by atoms with van der Waals surface area (Å²) in [7, 11) is 0. The predicted molar refractivity (Wildman–Crippen MR) is 135 cm³/mol. The van der Waals surface area contributed by atoms with Gasteiger partial charge in [0.15, 0.2) is 0 Å². The number of fused-ring (bicyclic) bond motifs is 1. The quantitative estimate of drug-likeness (QED) is 0.364. The lowest BCUT2D eigenvalue weighted by atomic mass is 10.0. The van der Waals surface area contributed by atoms with Crippen molar-refractivity contribution in [3.05, 3.63) is 81.3 Å². The number of aromatic nitrogens is 3. The molecule has 1 aliphatic heterocycles. The summed E-state index contributed by atoms with van der Waals surface area (Å²) < 4.78 is 0. The molecule has 0 aliphatic carbocycles. The number of aryl methyl sites for hydroxylation is 5. The summed E-state index contributed by atoms with van der Waals surface area (Å²) in [5.41, 5.74) is 9.32. The maximum absolute atomic E-state index is 13.9. The third-order valence-electron chi connectivity index (χ3n) is 6.47. The second-order valence-corrected chi connectivity index (χ2v) is 10.4. The van der Waals surface area contributed by atoms with Gasteiger partial charge in [-0.15, -0.1) is 11.3 Å². The second kappa shape index (κ2) is 7.96. The van der Waals surface area contributed by atoms with E-state index in [1.807, 2.05) is 11.8 Å². The fourth-order valence-electron chi connectivity index (χ4n) is 4.69. The minimum absolute atomic E-state index is 0.0652. The smallest absolute Gasteiger partial charge is 0.274 e. The molecule has 33 heavy (non-hydrogen) atoms. The molecule has 0 radical (unpaired) electrons. The zero-order chi connectivity index (χ0) is 23.4. The van der Waals surface area contributed by atoms with Gasteiger partial charge in [0.2, 0.25) is 0 Å². The lowest BCUT2D eigenvalue weighted by Crippen LogP contribution is -2.31. The molecule has 5 nitrogen and oxygen atoms in total. The molecule has 1 unspecified atom stereocenters. The van der Waals surface area contributed by atoms with E-state index in [9.17, 15) is 4.79 Å². The Morgan fingerprint density at radius 2 is 1.85 bits per heavy atom. The molecule has 3 heterocycles. The van der Waals surface area contributed by atoms with Gasteiger partial charge >= 0.3 is 0 Å². The third kappa shape index (κ3) is 3.78. The minimum Gasteiger partial charge on any atom is -0.340 e. The Morgan fingerprint density at radius 3 is 2.61 bits per heavy atom. The van der Waals surface area contributed by atoms with E-state index in [0.717, 1.165) is 43.4 Å². The molecule has 1 atom stereocenters. The average Bonchev–Trinajstić information content (AvgIpc) is 3.45. The van der Waals surface area contributed by atoms with Crippen LogP contribution >= 0.6 is 11.3 Å². The summed E-state index contributed by atoms with van der Waals surface area (Å²) in [5, 5.41) is 0.885. The Balaban J connectivity index is 1.55. The van der Waals surface area contributed by atoms with Gasteiger partial charge in [0.1, 0.15) is 11.5 Å². The van der Waals surface area contributed by atoms with Crippen molar-refractivity contribution in [3.8, 4) is 10.4 Å². The van der Waals surface area contributed by atoms with Crippen LogP contribution in [0.2, 0.25) is 0 Å². The van der Waals surface area contributed by atoms with Crippen molar-refractivity contribution in [2.75, 3.05) is 6.54 Å². The SMILES string of the molecule is C=C1CC(c2nc3c(C)cc(C)cc3[nH]2)N(C(=O)c2nc(C)sc2-c2ccc(C)c(C)c2)C1. The summed E-state index contributed by atoms with van der Waals surface area (Å²) in [6.07, 6.45) is 0.700. The summed E-state index contributed by atoms with van der Waals surface area (Å²) in [6, 6.07) is 10.4. The fourth-order valence-corrected chi connectivity index (χ4v) is 5.60. The van der Waals surface area contributed by atoms with Crippen LogP contribution in [0.4, 0.5) is 0 Å². The van der Waals surface area contributed by atoms with Gasteiger partial charge in [-0.1, -0.05) is 36.4 Å². The molecule has 0 saturated carbocycles. The topological polar surface area (TPSA) is 61.9 Å². The molecule has 0 spiro atoms. The van der Waals surface area contributed by atoms with Gasteiger partial charge in [-0.25, -0.2) is 9.97 Å². The average molecular weight is 457 g/mol. The number of rotatable bonds is 3. The molecule has 0 bridgehead atoms. The van der Waals surface area contributed by atoms with E-state index >= 15 is 0 Å². The van der Waals surface area contributed by atoms with Crippen LogP contribution in [0.3, 0.4) is 0 Å². The molecule has 1 aliphatic rings. The van der Waals surface area contributed by atoms with Crippen LogP contribution < -0.4 is 0 Å². The number of hydrogen-bond acceptors (Lipinski definition) is 4. The van der Waals surface area contributed by atoms with Crippen molar-refractivity contribution in [1.82, 2.24) is 19.9 Å². The van der Waals surface area contributed by atoms with E-state index in [4.69, 9.17) is 4.98 Å². The van der Waals surface area contributed by atoms with E-state index in [-0.39, 0.29) is 11.9 Å². The van der Waals surface area contributed by atoms with E-state index in [1.165, 1.54) is 16.7 Å². The lowest BCUT2D eigenvalue weighted by molar-refractivity contribution is 0.0728. The maximum Gasteiger partial charge on any atom is 0.274 e. The summed E-state index contributed by atoms with van der Waals surface area (Å²) in [6.45, 7) is 15.0. The van der Waals surface area contributed by atoms with Crippen molar-refractivity contribution < 1.29 is 4.79 Å². The molecule has 1 fully saturated rings. The van der Waals surface area contributed by atoms with E-state index < -0.39 is 0 Å². The van der Waals surface area contributed by atoms with Gasteiger partial charge in [0.25, 0.3) is 5.91 Å². The van der Waals surface area contributed by atoms with Gasteiger partial charge in [0.05, 0.1) is 27.0 Å². The van der Waals surface area contributed by atoms with Gasteiger partial charge in [-0.2, -0.15) is 0 Å². The maximum atomic E-state index is 13.9. The molecule has 4 aromatic rings. The minimum atomic E-state index is -0.174. The molecule has 2 aromatic carbocycles. The number of likely N-dealkylation sites (tertiary alicyclic amines) is 1. The molecule has 2 aromatic heterocycles. The zero-order valence-corrected chi connectivity index (χ0v) is 20.6. The van der Waals surface area contributed by atoms with Gasteiger partial charge < -0.3 is 9.88 Å². The highest BCUT2D eigenvalue weighted by molar-refractivity contribution is 7.15. The Morgan fingerprint density at radius 1 is 1.06 bits per heavy atom. The number of benzene rings is 2.